The maximum Gasteiger partial charge on any atom is 0.126 e. The normalized spacial score (nSPS) is 17.8. The third kappa shape index (κ3) is 3.62. The maximum atomic E-state index is 5.77. The van der Waals surface area contributed by atoms with Gasteiger partial charge in [0, 0.05) is 16.1 Å². The van der Waals surface area contributed by atoms with Crippen molar-refractivity contribution in [1.82, 2.24) is 5.32 Å². The quantitative estimate of drug-likeness (QED) is 0.774. The Bertz CT molecular complexity index is 481. The van der Waals surface area contributed by atoms with Crippen LogP contribution in [0, 0.1) is 19.8 Å². The highest BCUT2D eigenvalue weighted by Crippen LogP contribution is 2.42. The first-order chi connectivity index (χ1) is 10.1. The summed E-state index contributed by atoms with van der Waals surface area (Å²) in [6, 6.07) is 2.57. The van der Waals surface area contributed by atoms with Crippen LogP contribution in [0.3, 0.4) is 0 Å². The van der Waals surface area contributed by atoms with Gasteiger partial charge in [0.25, 0.3) is 0 Å². The first-order valence-electron chi connectivity index (χ1n) is 8.17. The molecule has 0 aliphatic heterocycles. The molecule has 1 aliphatic rings. The van der Waals surface area contributed by atoms with Crippen molar-refractivity contribution in [3.63, 3.8) is 0 Å². The van der Waals surface area contributed by atoms with Crippen molar-refractivity contribution in [2.24, 2.45) is 5.92 Å². The summed E-state index contributed by atoms with van der Waals surface area (Å²) in [4.78, 5) is 0. The number of methoxy groups -OCH3 is 1. The number of halogens is 1. The molecular formula is C18H28BrNO. The minimum atomic E-state index is 0.404. The minimum Gasteiger partial charge on any atom is -0.496 e. The standard InChI is InChI=1S/C18H28BrNO/c1-5-20-17(14-9-7-6-8-10-14)16-13(3)15(19)11-12(2)18(16)21-4/h11,14,17,20H,5-10H2,1-4H3. The third-order valence-corrected chi connectivity index (χ3v) is 5.59. The average molecular weight is 354 g/mol. The Morgan fingerprint density at radius 2 is 1.95 bits per heavy atom. The first-order valence-corrected chi connectivity index (χ1v) is 8.96. The Morgan fingerprint density at radius 1 is 1.29 bits per heavy atom. The molecule has 1 unspecified atom stereocenters. The summed E-state index contributed by atoms with van der Waals surface area (Å²) in [5.41, 5.74) is 3.88. The molecule has 0 amide bonds. The van der Waals surface area contributed by atoms with E-state index in [4.69, 9.17) is 4.74 Å². The van der Waals surface area contributed by atoms with E-state index in [0.29, 0.717) is 6.04 Å². The Morgan fingerprint density at radius 3 is 2.52 bits per heavy atom. The van der Waals surface area contributed by atoms with E-state index >= 15 is 0 Å². The highest BCUT2D eigenvalue weighted by molar-refractivity contribution is 9.10. The lowest BCUT2D eigenvalue weighted by Gasteiger charge is -2.33. The number of nitrogens with one attached hydrogen (secondary N) is 1. The summed E-state index contributed by atoms with van der Waals surface area (Å²) in [6.07, 6.45) is 6.77. The molecule has 0 saturated heterocycles. The van der Waals surface area contributed by atoms with Gasteiger partial charge in [0.2, 0.25) is 0 Å². The smallest absolute Gasteiger partial charge is 0.126 e. The Hall–Kier alpha value is -0.540. The number of hydrogen-bond acceptors (Lipinski definition) is 2. The van der Waals surface area contributed by atoms with E-state index in [1.54, 1.807) is 7.11 Å². The van der Waals surface area contributed by atoms with Crippen LogP contribution in [0.2, 0.25) is 0 Å². The zero-order valence-corrected chi connectivity index (χ0v) is 15.3. The Balaban J connectivity index is 2.47. The average Bonchev–Trinajstić information content (AvgIpc) is 2.49. The second kappa shape index (κ2) is 7.64. The van der Waals surface area contributed by atoms with Crippen molar-refractivity contribution >= 4 is 15.9 Å². The van der Waals surface area contributed by atoms with Crippen LogP contribution in [0.15, 0.2) is 10.5 Å². The van der Waals surface area contributed by atoms with Gasteiger partial charge in [-0.05, 0) is 56.3 Å². The number of ether oxygens (including phenoxy) is 1. The fourth-order valence-electron chi connectivity index (χ4n) is 3.71. The molecule has 21 heavy (non-hydrogen) atoms. The molecule has 2 rings (SSSR count). The number of hydrogen-bond donors (Lipinski definition) is 1. The van der Waals surface area contributed by atoms with Crippen LogP contribution < -0.4 is 10.1 Å². The van der Waals surface area contributed by atoms with Crippen LogP contribution in [-0.2, 0) is 0 Å². The molecule has 2 nitrogen and oxygen atoms in total. The second-order valence-corrected chi connectivity index (χ2v) is 7.03. The largest absolute Gasteiger partial charge is 0.496 e. The lowest BCUT2D eigenvalue weighted by Crippen LogP contribution is -2.30. The summed E-state index contributed by atoms with van der Waals surface area (Å²) in [6.45, 7) is 7.53. The Kier molecular flexibility index (Phi) is 6.12. The van der Waals surface area contributed by atoms with Crippen LogP contribution in [0.4, 0.5) is 0 Å². The molecule has 1 aromatic rings. The zero-order valence-electron chi connectivity index (χ0n) is 13.8. The first kappa shape index (κ1) is 16.8. The van der Waals surface area contributed by atoms with Gasteiger partial charge in [0.1, 0.15) is 5.75 Å². The number of benzene rings is 1. The molecule has 3 heteroatoms. The molecule has 1 saturated carbocycles. The van der Waals surface area contributed by atoms with E-state index in [9.17, 15) is 0 Å². The second-order valence-electron chi connectivity index (χ2n) is 6.18. The van der Waals surface area contributed by atoms with Crippen molar-refractivity contribution in [1.29, 1.82) is 0 Å². The van der Waals surface area contributed by atoms with Crippen LogP contribution >= 0.6 is 15.9 Å². The summed E-state index contributed by atoms with van der Waals surface area (Å²) in [5, 5.41) is 3.74. The van der Waals surface area contributed by atoms with Crippen molar-refractivity contribution in [2.75, 3.05) is 13.7 Å². The van der Waals surface area contributed by atoms with Gasteiger partial charge in [-0.3, -0.25) is 0 Å². The predicted octanol–water partition coefficient (Wildman–Crippen LogP) is 5.31. The Labute approximate surface area is 137 Å². The summed E-state index contributed by atoms with van der Waals surface area (Å²) in [5.74, 6) is 1.78. The molecule has 0 heterocycles. The fourth-order valence-corrected chi connectivity index (χ4v) is 4.27. The van der Waals surface area contributed by atoms with E-state index in [-0.39, 0.29) is 0 Å². The zero-order chi connectivity index (χ0) is 15.4. The molecule has 1 atom stereocenters. The highest BCUT2D eigenvalue weighted by Gasteiger charge is 2.29. The molecule has 0 bridgehead atoms. The molecule has 0 spiro atoms. The predicted molar refractivity (Wildman–Crippen MR) is 93.2 cm³/mol. The van der Waals surface area contributed by atoms with Crippen molar-refractivity contribution in [3.8, 4) is 5.75 Å². The molecule has 0 radical (unpaired) electrons. The van der Waals surface area contributed by atoms with E-state index in [2.05, 4.69) is 48.1 Å². The van der Waals surface area contributed by atoms with Crippen LogP contribution in [0.25, 0.3) is 0 Å². The van der Waals surface area contributed by atoms with Crippen molar-refractivity contribution < 1.29 is 4.74 Å². The van der Waals surface area contributed by atoms with Crippen molar-refractivity contribution in [2.45, 2.75) is 58.9 Å². The summed E-state index contributed by atoms with van der Waals surface area (Å²) >= 11 is 3.72. The number of aryl methyl sites for hydroxylation is 1. The van der Waals surface area contributed by atoms with E-state index < -0.39 is 0 Å². The molecule has 1 N–H and O–H groups in total. The topological polar surface area (TPSA) is 21.3 Å². The molecule has 1 fully saturated rings. The van der Waals surface area contributed by atoms with Gasteiger partial charge in [-0.2, -0.15) is 0 Å². The van der Waals surface area contributed by atoms with Gasteiger partial charge in [0.15, 0.2) is 0 Å². The van der Waals surface area contributed by atoms with Gasteiger partial charge in [-0.15, -0.1) is 0 Å². The molecule has 1 aliphatic carbocycles. The van der Waals surface area contributed by atoms with Crippen LogP contribution in [0.1, 0.15) is 61.8 Å². The van der Waals surface area contributed by atoms with Gasteiger partial charge < -0.3 is 10.1 Å². The molecule has 1 aromatic carbocycles. The van der Waals surface area contributed by atoms with E-state index in [0.717, 1.165) is 18.2 Å². The third-order valence-electron chi connectivity index (χ3n) is 4.77. The van der Waals surface area contributed by atoms with E-state index in [1.165, 1.54) is 53.3 Å². The summed E-state index contributed by atoms with van der Waals surface area (Å²) in [7, 11) is 1.79. The lowest BCUT2D eigenvalue weighted by molar-refractivity contribution is 0.267. The van der Waals surface area contributed by atoms with E-state index in [1.807, 2.05) is 0 Å². The van der Waals surface area contributed by atoms with Gasteiger partial charge in [0.05, 0.1) is 7.11 Å². The lowest BCUT2D eigenvalue weighted by atomic mass is 9.79. The number of rotatable bonds is 5. The maximum absolute atomic E-state index is 5.77. The molecule has 0 aromatic heterocycles. The van der Waals surface area contributed by atoms with Crippen molar-refractivity contribution in [3.05, 3.63) is 27.2 Å². The molecule has 118 valence electrons. The van der Waals surface area contributed by atoms with Gasteiger partial charge in [-0.1, -0.05) is 42.1 Å². The van der Waals surface area contributed by atoms with Gasteiger partial charge in [-0.25, -0.2) is 0 Å². The van der Waals surface area contributed by atoms with Crippen LogP contribution in [0.5, 0.6) is 5.75 Å². The monoisotopic (exact) mass is 353 g/mol. The fraction of sp³-hybridized carbons (Fsp3) is 0.667. The minimum absolute atomic E-state index is 0.404. The highest BCUT2D eigenvalue weighted by atomic mass is 79.9. The SMILES string of the molecule is CCNC(c1c(C)c(Br)cc(C)c1OC)C1CCCCC1. The molecular weight excluding hydrogens is 326 g/mol. The van der Waals surface area contributed by atoms with Gasteiger partial charge >= 0.3 is 0 Å². The van der Waals surface area contributed by atoms with Crippen LogP contribution in [-0.4, -0.2) is 13.7 Å². The summed E-state index contributed by atoms with van der Waals surface area (Å²) < 4.78 is 6.96.